The Balaban J connectivity index is 2.11. The summed E-state index contributed by atoms with van der Waals surface area (Å²) in [7, 11) is 1.74. The van der Waals surface area contributed by atoms with E-state index in [9.17, 15) is 23.1 Å². The van der Waals surface area contributed by atoms with Crippen molar-refractivity contribution in [1.29, 1.82) is 0 Å². The number of carbonyl (C=O) groups excluding carboxylic acids is 1. The average molecular weight is 346 g/mol. The normalized spacial score (nSPS) is 19.2. The highest BCUT2D eigenvalue weighted by Crippen LogP contribution is 2.30. The average Bonchev–Trinajstić information content (AvgIpc) is 2.77. The first-order valence-corrected chi connectivity index (χ1v) is 7.56. The summed E-state index contributed by atoms with van der Waals surface area (Å²) in [6.45, 7) is 4.01. The Bertz CT molecular complexity index is 599. The zero-order valence-corrected chi connectivity index (χ0v) is 13.8. The van der Waals surface area contributed by atoms with E-state index in [-0.39, 0.29) is 11.7 Å². The fourth-order valence-corrected chi connectivity index (χ4v) is 2.90. The van der Waals surface area contributed by atoms with E-state index in [0.717, 1.165) is 0 Å². The number of hydrogen-bond donors (Lipinski definition) is 1. The van der Waals surface area contributed by atoms with E-state index in [1.165, 1.54) is 23.1 Å². The van der Waals surface area contributed by atoms with Crippen LogP contribution in [0.1, 0.15) is 20.3 Å². The van der Waals surface area contributed by atoms with Gasteiger partial charge in [-0.25, -0.2) is 0 Å². The molecule has 1 N–H and O–H groups in total. The predicted molar refractivity (Wildman–Crippen MR) is 82.8 cm³/mol. The predicted octanol–water partition coefficient (Wildman–Crippen LogP) is 2.39. The molecular formula is C16H21F3N2O3. The molecule has 8 heteroatoms. The zero-order chi connectivity index (χ0) is 18.1. The third-order valence-corrected chi connectivity index (χ3v) is 3.71. The standard InChI is InChI=1S/C16H21F3N2O3/c1-15(2,23)10-20(3)13-7-8-21(14(13)22)11-5-4-6-12(9-11)24-16(17,18)19/h4-6,9,13,23H,7-8,10H2,1-3H3. The molecule has 24 heavy (non-hydrogen) atoms. The lowest BCUT2D eigenvalue weighted by atomic mass is 10.1. The van der Waals surface area contributed by atoms with E-state index in [1.807, 2.05) is 0 Å². The highest BCUT2D eigenvalue weighted by atomic mass is 19.4. The molecule has 1 amide bonds. The molecule has 1 unspecified atom stereocenters. The molecule has 1 fully saturated rings. The van der Waals surface area contributed by atoms with E-state index < -0.39 is 18.0 Å². The number of halogens is 3. The van der Waals surface area contributed by atoms with Crippen molar-refractivity contribution in [2.24, 2.45) is 0 Å². The largest absolute Gasteiger partial charge is 0.573 e. The number of alkyl halides is 3. The van der Waals surface area contributed by atoms with Crippen molar-refractivity contribution >= 4 is 11.6 Å². The van der Waals surface area contributed by atoms with Gasteiger partial charge in [-0.1, -0.05) is 6.07 Å². The number of aliphatic hydroxyl groups is 1. The Kier molecular flexibility index (Phi) is 5.10. The van der Waals surface area contributed by atoms with Crippen molar-refractivity contribution in [3.05, 3.63) is 24.3 Å². The Morgan fingerprint density at radius 2 is 2.04 bits per heavy atom. The summed E-state index contributed by atoms with van der Waals surface area (Å²) in [5, 5.41) is 9.87. The van der Waals surface area contributed by atoms with Gasteiger partial charge in [-0.3, -0.25) is 9.69 Å². The topological polar surface area (TPSA) is 53.0 Å². The van der Waals surface area contributed by atoms with Crippen molar-refractivity contribution in [3.63, 3.8) is 0 Å². The lowest BCUT2D eigenvalue weighted by Gasteiger charge is -2.29. The molecule has 0 radical (unpaired) electrons. The van der Waals surface area contributed by atoms with Crippen LogP contribution in [0.5, 0.6) is 5.75 Å². The molecular weight excluding hydrogens is 325 g/mol. The van der Waals surface area contributed by atoms with Crippen LogP contribution in [0.25, 0.3) is 0 Å². The quantitative estimate of drug-likeness (QED) is 0.890. The maximum Gasteiger partial charge on any atom is 0.573 e. The third kappa shape index (κ3) is 4.85. The molecule has 1 saturated heterocycles. The number of anilines is 1. The van der Waals surface area contributed by atoms with Crippen LogP contribution in [0.2, 0.25) is 0 Å². The second-order valence-corrected chi connectivity index (χ2v) is 6.57. The molecule has 0 bridgehead atoms. The van der Waals surface area contributed by atoms with Gasteiger partial charge in [0.1, 0.15) is 5.75 Å². The molecule has 1 aliphatic heterocycles. The van der Waals surface area contributed by atoms with Crippen molar-refractivity contribution in [2.75, 3.05) is 25.0 Å². The van der Waals surface area contributed by atoms with Gasteiger partial charge in [-0.2, -0.15) is 0 Å². The first kappa shape index (κ1) is 18.5. The third-order valence-electron chi connectivity index (χ3n) is 3.71. The molecule has 0 spiro atoms. The van der Waals surface area contributed by atoms with Gasteiger partial charge >= 0.3 is 6.36 Å². The van der Waals surface area contributed by atoms with Gasteiger partial charge in [0.05, 0.1) is 11.6 Å². The molecule has 0 saturated carbocycles. The summed E-state index contributed by atoms with van der Waals surface area (Å²) < 4.78 is 40.9. The summed E-state index contributed by atoms with van der Waals surface area (Å²) in [5.41, 5.74) is -0.580. The molecule has 1 aromatic rings. The van der Waals surface area contributed by atoms with Gasteiger partial charge < -0.3 is 14.7 Å². The van der Waals surface area contributed by atoms with E-state index in [2.05, 4.69) is 4.74 Å². The second kappa shape index (κ2) is 6.60. The number of likely N-dealkylation sites (N-methyl/N-ethyl adjacent to an activating group) is 1. The zero-order valence-electron chi connectivity index (χ0n) is 13.8. The van der Waals surface area contributed by atoms with Gasteiger partial charge in [-0.15, -0.1) is 13.2 Å². The highest BCUT2D eigenvalue weighted by Gasteiger charge is 2.37. The van der Waals surface area contributed by atoms with Crippen molar-refractivity contribution in [1.82, 2.24) is 4.90 Å². The highest BCUT2D eigenvalue weighted by molar-refractivity contribution is 5.99. The Hall–Kier alpha value is -1.80. The molecule has 2 rings (SSSR count). The summed E-state index contributed by atoms with van der Waals surface area (Å²) in [5.74, 6) is -0.563. The van der Waals surface area contributed by atoms with Crippen LogP contribution in [0.15, 0.2) is 24.3 Å². The minimum absolute atomic E-state index is 0.203. The maximum atomic E-state index is 12.6. The molecule has 1 heterocycles. The second-order valence-electron chi connectivity index (χ2n) is 6.57. The molecule has 1 atom stereocenters. The van der Waals surface area contributed by atoms with Gasteiger partial charge in [0.25, 0.3) is 0 Å². The van der Waals surface area contributed by atoms with Gasteiger partial charge in [0, 0.05) is 24.8 Å². The fraction of sp³-hybridized carbons (Fsp3) is 0.562. The maximum absolute atomic E-state index is 12.6. The smallest absolute Gasteiger partial charge is 0.406 e. The monoisotopic (exact) mass is 346 g/mol. The van der Waals surface area contributed by atoms with Gasteiger partial charge in [0.2, 0.25) is 5.91 Å². The minimum atomic E-state index is -4.77. The molecule has 1 aromatic carbocycles. The number of hydrogen-bond acceptors (Lipinski definition) is 4. The van der Waals surface area contributed by atoms with Crippen LogP contribution in [-0.4, -0.2) is 54.1 Å². The van der Waals surface area contributed by atoms with Crippen molar-refractivity contribution in [2.45, 2.75) is 38.3 Å². The number of amides is 1. The lowest BCUT2D eigenvalue weighted by molar-refractivity contribution is -0.274. The van der Waals surface area contributed by atoms with E-state index in [4.69, 9.17) is 0 Å². The number of rotatable bonds is 5. The van der Waals surface area contributed by atoms with Crippen molar-refractivity contribution < 1.29 is 27.8 Å². The Morgan fingerprint density at radius 3 is 2.62 bits per heavy atom. The number of carbonyl (C=O) groups is 1. The number of benzene rings is 1. The van der Waals surface area contributed by atoms with Crippen LogP contribution in [0, 0.1) is 0 Å². The Labute approximate surface area is 138 Å². The van der Waals surface area contributed by atoms with E-state index >= 15 is 0 Å². The molecule has 134 valence electrons. The first-order valence-electron chi connectivity index (χ1n) is 7.56. The van der Waals surface area contributed by atoms with Gasteiger partial charge in [0.15, 0.2) is 0 Å². The van der Waals surface area contributed by atoms with Crippen LogP contribution >= 0.6 is 0 Å². The van der Waals surface area contributed by atoms with Crippen LogP contribution in [0.3, 0.4) is 0 Å². The fourth-order valence-electron chi connectivity index (χ4n) is 2.90. The SMILES string of the molecule is CN(CC(C)(C)O)C1CCN(c2cccc(OC(F)(F)F)c2)C1=O. The number of nitrogens with zero attached hydrogens (tertiary/aromatic N) is 2. The Morgan fingerprint density at radius 1 is 1.38 bits per heavy atom. The molecule has 5 nitrogen and oxygen atoms in total. The summed E-state index contributed by atoms with van der Waals surface area (Å²) in [4.78, 5) is 15.8. The lowest BCUT2D eigenvalue weighted by Crippen LogP contribution is -2.45. The van der Waals surface area contributed by atoms with Crippen LogP contribution in [0.4, 0.5) is 18.9 Å². The number of ether oxygens (including phenoxy) is 1. The minimum Gasteiger partial charge on any atom is -0.406 e. The summed E-state index contributed by atoms with van der Waals surface area (Å²) >= 11 is 0. The molecule has 0 aromatic heterocycles. The summed E-state index contributed by atoms with van der Waals surface area (Å²) in [6, 6.07) is 4.96. The first-order chi connectivity index (χ1) is 11.0. The van der Waals surface area contributed by atoms with E-state index in [0.29, 0.717) is 25.2 Å². The van der Waals surface area contributed by atoms with Crippen LogP contribution < -0.4 is 9.64 Å². The van der Waals surface area contributed by atoms with E-state index in [1.54, 1.807) is 31.9 Å². The molecule has 0 aliphatic carbocycles. The van der Waals surface area contributed by atoms with Gasteiger partial charge in [-0.05, 0) is 39.4 Å². The molecule has 1 aliphatic rings. The summed E-state index contributed by atoms with van der Waals surface area (Å²) in [6.07, 6.45) is -4.24. The van der Waals surface area contributed by atoms with Crippen molar-refractivity contribution in [3.8, 4) is 5.75 Å². The van der Waals surface area contributed by atoms with Crippen LogP contribution in [-0.2, 0) is 4.79 Å².